The van der Waals surface area contributed by atoms with E-state index >= 15 is 0 Å². The van der Waals surface area contributed by atoms with Gasteiger partial charge in [0.05, 0.1) is 6.04 Å². The van der Waals surface area contributed by atoms with Crippen molar-refractivity contribution < 1.29 is 4.79 Å². The zero-order chi connectivity index (χ0) is 15.0. The van der Waals surface area contributed by atoms with Gasteiger partial charge in [-0.05, 0) is 44.7 Å². The van der Waals surface area contributed by atoms with E-state index in [0.29, 0.717) is 0 Å². The smallest absolute Gasteiger partial charge is 0.252 e. The van der Waals surface area contributed by atoms with E-state index < -0.39 is 0 Å². The Morgan fingerprint density at radius 2 is 1.81 bits per heavy atom. The number of rotatable bonds is 1. The molecule has 1 aromatic carbocycles. The number of benzene rings is 1. The highest BCUT2D eigenvalue weighted by atomic mass is 16.2. The molecule has 0 bridgehead atoms. The summed E-state index contributed by atoms with van der Waals surface area (Å²) in [5, 5.41) is 0. The van der Waals surface area contributed by atoms with Gasteiger partial charge in [-0.25, -0.2) is 0 Å². The molecule has 0 spiro atoms. The van der Waals surface area contributed by atoms with Crippen LogP contribution >= 0.6 is 0 Å². The van der Waals surface area contributed by atoms with Crippen molar-refractivity contribution in [2.24, 2.45) is 0 Å². The summed E-state index contributed by atoms with van der Waals surface area (Å²) in [6, 6.07) is 8.50. The number of hydrogen-bond acceptors (Lipinski definition) is 2. The molecule has 2 aliphatic rings. The third kappa shape index (κ3) is 2.35. The van der Waals surface area contributed by atoms with Crippen LogP contribution in [0.2, 0.25) is 0 Å². The number of nitrogens with zero attached hydrogens (tertiary/aromatic N) is 2. The number of fused-ring (bicyclic) bond motifs is 1. The molecule has 21 heavy (non-hydrogen) atoms. The van der Waals surface area contributed by atoms with Crippen LogP contribution in [-0.2, 0) is 4.79 Å². The van der Waals surface area contributed by atoms with Gasteiger partial charge >= 0.3 is 0 Å². The minimum absolute atomic E-state index is 0.134. The van der Waals surface area contributed by atoms with Crippen LogP contribution in [-0.4, -0.2) is 37.0 Å². The molecule has 3 rings (SSSR count). The number of likely N-dealkylation sites (N-methyl/N-ethyl adjacent to an activating group) is 1. The van der Waals surface area contributed by atoms with E-state index in [1.54, 1.807) is 0 Å². The number of piperidine rings is 1. The molecule has 112 valence electrons. The molecule has 1 aromatic rings. The van der Waals surface area contributed by atoms with Crippen LogP contribution in [0, 0.1) is 0 Å². The molecular weight excluding hydrogens is 260 g/mol. The lowest BCUT2D eigenvalue weighted by Crippen LogP contribution is -2.44. The van der Waals surface area contributed by atoms with Gasteiger partial charge in [-0.2, -0.15) is 0 Å². The minimum atomic E-state index is 0.134. The van der Waals surface area contributed by atoms with Gasteiger partial charge in [-0.3, -0.25) is 4.79 Å². The van der Waals surface area contributed by atoms with Gasteiger partial charge in [0.25, 0.3) is 5.91 Å². The zero-order valence-electron chi connectivity index (χ0n) is 13.2. The maximum atomic E-state index is 13.0. The van der Waals surface area contributed by atoms with Crippen LogP contribution in [0.1, 0.15) is 38.7 Å². The van der Waals surface area contributed by atoms with Crippen LogP contribution in [0.3, 0.4) is 0 Å². The number of hydrogen-bond donors (Lipinski definition) is 0. The van der Waals surface area contributed by atoms with E-state index in [0.717, 1.165) is 37.1 Å². The number of amides is 1. The van der Waals surface area contributed by atoms with Crippen molar-refractivity contribution >= 4 is 17.2 Å². The predicted molar refractivity (Wildman–Crippen MR) is 87.3 cm³/mol. The highest BCUT2D eigenvalue weighted by Crippen LogP contribution is 2.37. The van der Waals surface area contributed by atoms with E-state index in [2.05, 4.69) is 50.1 Å². The maximum Gasteiger partial charge on any atom is 0.252 e. The number of para-hydroxylation sites is 1. The van der Waals surface area contributed by atoms with E-state index in [9.17, 15) is 4.79 Å². The van der Waals surface area contributed by atoms with Crippen LogP contribution in [0.5, 0.6) is 0 Å². The van der Waals surface area contributed by atoms with Gasteiger partial charge in [0, 0.05) is 37.0 Å². The van der Waals surface area contributed by atoms with Crippen molar-refractivity contribution in [2.45, 2.75) is 39.2 Å². The largest absolute Gasteiger partial charge is 0.367 e. The van der Waals surface area contributed by atoms with E-state index in [1.165, 1.54) is 17.7 Å². The summed E-state index contributed by atoms with van der Waals surface area (Å²) in [7, 11) is 2.08. The quantitative estimate of drug-likeness (QED) is 0.790. The Morgan fingerprint density at radius 3 is 2.52 bits per heavy atom. The molecule has 0 aromatic heterocycles. The molecule has 1 amide bonds. The Kier molecular flexibility index (Phi) is 3.75. The Bertz CT molecular complexity index is 585. The molecule has 0 saturated carbocycles. The van der Waals surface area contributed by atoms with Crippen LogP contribution in [0.4, 0.5) is 5.69 Å². The molecule has 0 N–H and O–H groups in total. The number of anilines is 1. The normalized spacial score (nSPS) is 22.3. The topological polar surface area (TPSA) is 23.6 Å². The summed E-state index contributed by atoms with van der Waals surface area (Å²) in [6.45, 7) is 6.05. The molecule has 1 fully saturated rings. The molecule has 1 atom stereocenters. The number of carbonyl (C=O) groups excluding carboxylic acids is 1. The fraction of sp³-hybridized carbons (Fsp3) is 0.500. The summed E-state index contributed by atoms with van der Waals surface area (Å²) < 4.78 is 0. The van der Waals surface area contributed by atoms with E-state index in [1.807, 2.05) is 4.90 Å². The number of carbonyl (C=O) groups is 1. The summed E-state index contributed by atoms with van der Waals surface area (Å²) in [5.74, 6) is 0.237. The first-order valence-electron chi connectivity index (χ1n) is 7.93. The van der Waals surface area contributed by atoms with E-state index in [-0.39, 0.29) is 11.9 Å². The Hall–Kier alpha value is -1.77. The zero-order valence-corrected chi connectivity index (χ0v) is 13.2. The fourth-order valence-corrected chi connectivity index (χ4v) is 3.57. The molecule has 0 radical (unpaired) electrons. The lowest BCUT2D eigenvalue weighted by Gasteiger charge is -2.38. The van der Waals surface area contributed by atoms with Crippen molar-refractivity contribution in [3.63, 3.8) is 0 Å². The van der Waals surface area contributed by atoms with Crippen molar-refractivity contribution in [1.82, 2.24) is 4.90 Å². The molecule has 1 unspecified atom stereocenters. The van der Waals surface area contributed by atoms with Gasteiger partial charge in [-0.15, -0.1) is 0 Å². The third-order valence-corrected chi connectivity index (χ3v) is 4.96. The highest BCUT2D eigenvalue weighted by Gasteiger charge is 2.32. The molecule has 1 saturated heterocycles. The SMILES string of the molecule is CC1=C(C(=O)N2CCCCC2)C(C)N(C)c2ccccc21. The molecule has 0 aliphatic carbocycles. The van der Waals surface area contributed by atoms with Gasteiger partial charge in [0.15, 0.2) is 0 Å². The summed E-state index contributed by atoms with van der Waals surface area (Å²) >= 11 is 0. The number of allylic oxidation sites excluding steroid dienone is 1. The minimum Gasteiger partial charge on any atom is -0.367 e. The van der Waals surface area contributed by atoms with Crippen LogP contribution in [0.25, 0.3) is 5.57 Å². The fourth-order valence-electron chi connectivity index (χ4n) is 3.57. The van der Waals surface area contributed by atoms with Crippen LogP contribution < -0.4 is 4.90 Å². The molecule has 2 heterocycles. The average molecular weight is 284 g/mol. The maximum absolute atomic E-state index is 13.0. The summed E-state index contributed by atoms with van der Waals surface area (Å²) in [4.78, 5) is 17.2. The molecule has 3 nitrogen and oxygen atoms in total. The third-order valence-electron chi connectivity index (χ3n) is 4.96. The average Bonchev–Trinajstić information content (AvgIpc) is 2.53. The summed E-state index contributed by atoms with van der Waals surface area (Å²) in [5.41, 5.74) is 4.53. The Balaban J connectivity index is 2.02. The standard InChI is InChI=1S/C18H24N2O/c1-13-15-9-5-6-10-16(15)19(3)14(2)17(13)18(21)20-11-7-4-8-12-20/h5-6,9-10,14H,4,7-8,11-12H2,1-3H3. The predicted octanol–water partition coefficient (Wildman–Crippen LogP) is 3.31. The van der Waals surface area contributed by atoms with Crippen molar-refractivity contribution in [3.8, 4) is 0 Å². The van der Waals surface area contributed by atoms with Gasteiger partial charge in [-0.1, -0.05) is 18.2 Å². The second-order valence-corrected chi connectivity index (χ2v) is 6.20. The van der Waals surface area contributed by atoms with Crippen LogP contribution in [0.15, 0.2) is 29.8 Å². The Morgan fingerprint density at radius 1 is 1.14 bits per heavy atom. The molecule has 3 heteroatoms. The summed E-state index contributed by atoms with van der Waals surface area (Å²) in [6.07, 6.45) is 3.53. The second-order valence-electron chi connectivity index (χ2n) is 6.20. The van der Waals surface area contributed by atoms with Crippen molar-refractivity contribution in [1.29, 1.82) is 0 Å². The lowest BCUT2D eigenvalue weighted by atomic mass is 9.89. The monoisotopic (exact) mass is 284 g/mol. The van der Waals surface area contributed by atoms with Crippen molar-refractivity contribution in [3.05, 3.63) is 35.4 Å². The first-order valence-corrected chi connectivity index (χ1v) is 7.93. The molecular formula is C18H24N2O. The molecule has 2 aliphatic heterocycles. The van der Waals surface area contributed by atoms with E-state index in [4.69, 9.17) is 0 Å². The van der Waals surface area contributed by atoms with Gasteiger partial charge in [0.1, 0.15) is 0 Å². The highest BCUT2D eigenvalue weighted by molar-refractivity contribution is 6.05. The Labute approximate surface area is 127 Å². The van der Waals surface area contributed by atoms with Crippen molar-refractivity contribution in [2.75, 3.05) is 25.0 Å². The lowest BCUT2D eigenvalue weighted by molar-refractivity contribution is -0.128. The first-order chi connectivity index (χ1) is 10.1. The van der Waals surface area contributed by atoms with Gasteiger partial charge in [0.2, 0.25) is 0 Å². The second kappa shape index (κ2) is 5.55. The van der Waals surface area contributed by atoms with Gasteiger partial charge < -0.3 is 9.80 Å². The number of likely N-dealkylation sites (tertiary alicyclic amines) is 1. The first kappa shape index (κ1) is 14.2.